The minimum absolute atomic E-state index is 0.0455. The van der Waals surface area contributed by atoms with Crippen molar-refractivity contribution in [2.24, 2.45) is 29.1 Å². The third kappa shape index (κ3) is 7.53. The monoisotopic (exact) mass is 586 g/mol. The normalized spacial score (nSPS) is 26.3. The molecule has 0 spiro atoms. The molecule has 0 aromatic heterocycles. The molecule has 5 atom stereocenters. The van der Waals surface area contributed by atoms with Crippen molar-refractivity contribution in [1.82, 2.24) is 20.9 Å². The SMILES string of the molecule is C=CCCNC(=O)C(=O)C(CC1CC1)NC(=O)[C@@H]1[C@@H]2[C@H](CN1C(=O)[C@@H](NC(=O)OC(C)(C)C)C1CCCCC1)C2(C)C. The maximum atomic E-state index is 14.2. The number of nitrogens with one attached hydrogen (secondary N) is 3. The Morgan fingerprint density at radius 3 is 2.29 bits per heavy atom. The molecule has 42 heavy (non-hydrogen) atoms. The molecule has 10 heteroatoms. The van der Waals surface area contributed by atoms with E-state index in [1.165, 1.54) is 0 Å². The van der Waals surface area contributed by atoms with Gasteiger partial charge in [-0.3, -0.25) is 19.2 Å². The van der Waals surface area contributed by atoms with Gasteiger partial charge in [0.25, 0.3) is 5.91 Å². The number of ketones is 1. The van der Waals surface area contributed by atoms with E-state index in [2.05, 4.69) is 36.4 Å². The Labute approximate surface area is 250 Å². The molecule has 0 aromatic carbocycles. The van der Waals surface area contributed by atoms with E-state index in [1.807, 2.05) is 0 Å². The van der Waals surface area contributed by atoms with Gasteiger partial charge in [-0.05, 0) is 75.5 Å². The molecule has 1 heterocycles. The van der Waals surface area contributed by atoms with E-state index >= 15 is 0 Å². The van der Waals surface area contributed by atoms with Gasteiger partial charge in [-0.15, -0.1) is 6.58 Å². The van der Waals surface area contributed by atoms with Crippen molar-refractivity contribution in [1.29, 1.82) is 0 Å². The summed E-state index contributed by atoms with van der Waals surface area (Å²) >= 11 is 0. The molecule has 4 aliphatic rings. The molecular weight excluding hydrogens is 536 g/mol. The van der Waals surface area contributed by atoms with Gasteiger partial charge in [0.2, 0.25) is 17.6 Å². The Kier molecular flexibility index (Phi) is 9.72. The molecule has 3 N–H and O–H groups in total. The number of rotatable bonds is 12. The fraction of sp³-hybridized carbons (Fsp3) is 0.781. The van der Waals surface area contributed by atoms with Crippen molar-refractivity contribution in [2.75, 3.05) is 13.1 Å². The smallest absolute Gasteiger partial charge is 0.408 e. The van der Waals surface area contributed by atoms with E-state index in [1.54, 1.807) is 31.7 Å². The lowest BCUT2D eigenvalue weighted by molar-refractivity contribution is -0.145. The van der Waals surface area contributed by atoms with Gasteiger partial charge in [-0.25, -0.2) is 4.79 Å². The highest BCUT2D eigenvalue weighted by Crippen LogP contribution is 2.65. The number of fused-ring (bicyclic) bond motifs is 1. The minimum Gasteiger partial charge on any atom is -0.444 e. The maximum absolute atomic E-state index is 14.2. The third-order valence-electron chi connectivity index (χ3n) is 9.58. The van der Waals surface area contributed by atoms with E-state index in [-0.39, 0.29) is 29.1 Å². The number of amides is 4. The molecule has 4 amide bonds. The average molecular weight is 587 g/mol. The van der Waals surface area contributed by atoms with Crippen LogP contribution >= 0.6 is 0 Å². The molecule has 10 nitrogen and oxygen atoms in total. The van der Waals surface area contributed by atoms with Gasteiger partial charge in [-0.2, -0.15) is 0 Å². The number of carbonyl (C=O) groups is 5. The predicted octanol–water partition coefficient (Wildman–Crippen LogP) is 3.49. The first-order valence-corrected chi connectivity index (χ1v) is 15.8. The first kappa shape index (κ1) is 32.0. The van der Waals surface area contributed by atoms with Crippen LogP contribution in [-0.4, -0.2) is 71.3 Å². The number of carbonyl (C=O) groups excluding carboxylic acids is 5. The Hall–Kier alpha value is -2.91. The van der Waals surface area contributed by atoms with Crippen LogP contribution in [-0.2, 0) is 23.9 Å². The number of piperidine rings is 1. The molecule has 1 unspecified atom stereocenters. The highest BCUT2D eigenvalue weighted by atomic mass is 16.6. The Bertz CT molecular complexity index is 1070. The summed E-state index contributed by atoms with van der Waals surface area (Å²) in [6, 6.07) is -2.52. The molecular formula is C32H50N4O6. The van der Waals surface area contributed by atoms with E-state index < -0.39 is 47.4 Å². The minimum atomic E-state index is -0.944. The fourth-order valence-corrected chi connectivity index (χ4v) is 6.98. The summed E-state index contributed by atoms with van der Waals surface area (Å²) < 4.78 is 5.51. The van der Waals surface area contributed by atoms with Gasteiger partial charge in [-0.1, -0.05) is 52.0 Å². The number of hydrogen-bond donors (Lipinski definition) is 3. The van der Waals surface area contributed by atoms with Crippen LogP contribution in [0.15, 0.2) is 12.7 Å². The van der Waals surface area contributed by atoms with Crippen LogP contribution < -0.4 is 16.0 Å². The lowest BCUT2D eigenvalue weighted by atomic mass is 9.83. The van der Waals surface area contributed by atoms with Gasteiger partial charge < -0.3 is 25.6 Å². The number of alkyl carbamates (subject to hydrolysis) is 1. The van der Waals surface area contributed by atoms with Gasteiger partial charge in [0, 0.05) is 13.1 Å². The molecule has 0 radical (unpaired) electrons. The zero-order valence-electron chi connectivity index (χ0n) is 26.0. The van der Waals surface area contributed by atoms with Crippen LogP contribution in [0.2, 0.25) is 0 Å². The summed E-state index contributed by atoms with van der Waals surface area (Å²) in [6.45, 7) is 13.9. The van der Waals surface area contributed by atoms with Crippen LogP contribution in [0.25, 0.3) is 0 Å². The lowest BCUT2D eigenvalue weighted by Gasteiger charge is -2.37. The van der Waals surface area contributed by atoms with Crippen LogP contribution in [0, 0.1) is 29.1 Å². The number of ether oxygens (including phenoxy) is 1. The summed E-state index contributed by atoms with van der Waals surface area (Å²) in [5.74, 6) is -1.73. The van der Waals surface area contributed by atoms with Crippen molar-refractivity contribution < 1.29 is 28.7 Å². The van der Waals surface area contributed by atoms with E-state index in [9.17, 15) is 24.0 Å². The molecule has 3 saturated carbocycles. The number of nitrogens with zero attached hydrogens (tertiary/aromatic N) is 1. The molecule has 3 aliphatic carbocycles. The maximum Gasteiger partial charge on any atom is 0.408 e. The standard InChI is InChI=1S/C32H50N4O6/c1-7-8-16-33-28(39)26(37)22(17-19-14-15-19)34-27(38)25-23-21(32(23,5)6)18-36(25)29(40)24(20-12-10-9-11-13-20)35-30(41)42-31(2,3)4/h7,19-25H,1,8-18H2,2-6H3,(H,33,39)(H,34,38)(H,35,41)/t21-,22?,23-,24-,25-/m0/s1. The van der Waals surface area contributed by atoms with Crippen molar-refractivity contribution in [2.45, 2.75) is 116 Å². The molecule has 4 fully saturated rings. The summed E-state index contributed by atoms with van der Waals surface area (Å²) in [5.41, 5.74) is -0.844. The van der Waals surface area contributed by atoms with Gasteiger partial charge in [0.05, 0.1) is 6.04 Å². The molecule has 0 aromatic rings. The molecule has 1 aliphatic heterocycles. The predicted molar refractivity (Wildman–Crippen MR) is 158 cm³/mol. The van der Waals surface area contributed by atoms with Crippen LogP contribution in [0.3, 0.4) is 0 Å². The molecule has 234 valence electrons. The van der Waals surface area contributed by atoms with E-state index in [0.29, 0.717) is 31.8 Å². The topological polar surface area (TPSA) is 134 Å². The first-order valence-electron chi connectivity index (χ1n) is 15.8. The number of hydrogen-bond acceptors (Lipinski definition) is 6. The zero-order valence-corrected chi connectivity index (χ0v) is 26.0. The van der Waals surface area contributed by atoms with E-state index in [4.69, 9.17) is 4.74 Å². The number of Topliss-reactive ketones (excluding diaryl/α,β-unsaturated/α-hetero) is 1. The molecule has 1 saturated heterocycles. The fourth-order valence-electron chi connectivity index (χ4n) is 6.98. The first-order chi connectivity index (χ1) is 19.7. The van der Waals surface area contributed by atoms with Crippen molar-refractivity contribution in [3.63, 3.8) is 0 Å². The van der Waals surface area contributed by atoms with Crippen LogP contribution in [0.5, 0.6) is 0 Å². The van der Waals surface area contributed by atoms with Gasteiger partial charge >= 0.3 is 6.09 Å². The van der Waals surface area contributed by atoms with Gasteiger partial charge in [0.1, 0.15) is 17.7 Å². The molecule has 4 rings (SSSR count). The van der Waals surface area contributed by atoms with Crippen molar-refractivity contribution in [3.8, 4) is 0 Å². The summed E-state index contributed by atoms with van der Waals surface area (Å²) in [5, 5.41) is 8.38. The van der Waals surface area contributed by atoms with Crippen molar-refractivity contribution >= 4 is 29.6 Å². The Morgan fingerprint density at radius 1 is 1.02 bits per heavy atom. The second-order valence-electron chi connectivity index (χ2n) is 14.3. The molecule has 0 bridgehead atoms. The second kappa shape index (κ2) is 12.8. The van der Waals surface area contributed by atoms with E-state index in [0.717, 1.165) is 44.9 Å². The third-order valence-corrected chi connectivity index (χ3v) is 9.58. The zero-order chi connectivity index (χ0) is 30.8. The van der Waals surface area contributed by atoms with Crippen LogP contribution in [0.1, 0.15) is 92.4 Å². The average Bonchev–Trinajstić information content (AvgIpc) is 3.77. The lowest BCUT2D eigenvalue weighted by Crippen LogP contribution is -2.60. The Balaban J connectivity index is 1.53. The van der Waals surface area contributed by atoms with Crippen molar-refractivity contribution in [3.05, 3.63) is 12.7 Å². The summed E-state index contributed by atoms with van der Waals surface area (Å²) in [6.07, 6.45) is 8.56. The van der Waals surface area contributed by atoms with Gasteiger partial charge in [0.15, 0.2) is 0 Å². The quantitative estimate of drug-likeness (QED) is 0.182. The summed E-state index contributed by atoms with van der Waals surface area (Å²) in [7, 11) is 0. The number of likely N-dealkylation sites (tertiary alicyclic amines) is 1. The van der Waals surface area contributed by atoms with Crippen LogP contribution in [0.4, 0.5) is 4.79 Å². The Morgan fingerprint density at radius 2 is 1.69 bits per heavy atom. The summed E-state index contributed by atoms with van der Waals surface area (Å²) in [4.78, 5) is 68.4. The highest BCUT2D eigenvalue weighted by molar-refractivity contribution is 6.38. The highest BCUT2D eigenvalue weighted by Gasteiger charge is 2.69. The second-order valence-corrected chi connectivity index (χ2v) is 14.3. The largest absolute Gasteiger partial charge is 0.444 e.